The number of halogens is 1. The van der Waals surface area contributed by atoms with Crippen LogP contribution in [0.5, 0.6) is 0 Å². The molecule has 0 amide bonds. The topological polar surface area (TPSA) is 72.2 Å². The lowest BCUT2D eigenvalue weighted by atomic mass is 9.98. The van der Waals surface area contributed by atoms with Crippen molar-refractivity contribution in [3.05, 3.63) is 24.0 Å². The van der Waals surface area contributed by atoms with Gasteiger partial charge in [0, 0.05) is 5.54 Å². The van der Waals surface area contributed by atoms with Crippen molar-refractivity contribution in [2.45, 2.75) is 44.0 Å². The Morgan fingerprint density at radius 3 is 2.39 bits per heavy atom. The zero-order valence-corrected chi connectivity index (χ0v) is 11.6. The Morgan fingerprint density at radius 1 is 1.33 bits per heavy atom. The van der Waals surface area contributed by atoms with Gasteiger partial charge >= 0.3 is 0 Å². The first-order valence-corrected chi connectivity index (χ1v) is 7.32. The minimum atomic E-state index is -3.81. The molecule has 0 fully saturated rings. The van der Waals surface area contributed by atoms with E-state index in [2.05, 4.69) is 4.72 Å². The van der Waals surface area contributed by atoms with Gasteiger partial charge in [-0.15, -0.1) is 0 Å². The van der Waals surface area contributed by atoms with Crippen molar-refractivity contribution in [2.24, 2.45) is 0 Å². The average molecular weight is 274 g/mol. The third-order valence-corrected chi connectivity index (χ3v) is 4.94. The van der Waals surface area contributed by atoms with E-state index in [1.807, 2.05) is 13.8 Å². The molecule has 0 atom stereocenters. The van der Waals surface area contributed by atoms with Gasteiger partial charge in [0.2, 0.25) is 10.0 Å². The minimum Gasteiger partial charge on any atom is -0.395 e. The van der Waals surface area contributed by atoms with E-state index in [4.69, 9.17) is 5.73 Å². The Labute approximate surface area is 107 Å². The molecule has 0 saturated carbocycles. The van der Waals surface area contributed by atoms with Crippen LogP contribution in [-0.4, -0.2) is 14.0 Å². The van der Waals surface area contributed by atoms with Gasteiger partial charge in [-0.25, -0.2) is 17.5 Å². The summed E-state index contributed by atoms with van der Waals surface area (Å²) in [4.78, 5) is -0.212. The molecule has 102 valence electrons. The maximum atomic E-state index is 13.3. The normalized spacial score (nSPS) is 12.7. The summed E-state index contributed by atoms with van der Waals surface area (Å²) < 4.78 is 40.2. The molecule has 1 rings (SSSR count). The molecule has 0 unspecified atom stereocenters. The molecule has 0 aliphatic carbocycles. The molecule has 0 spiro atoms. The molecular formula is C12H19FN2O2S. The molecule has 18 heavy (non-hydrogen) atoms. The second-order valence-electron chi connectivity index (χ2n) is 4.52. The second-order valence-corrected chi connectivity index (χ2v) is 6.18. The lowest BCUT2D eigenvalue weighted by molar-refractivity contribution is 0.388. The van der Waals surface area contributed by atoms with Gasteiger partial charge in [0.25, 0.3) is 0 Å². The number of nitrogen functional groups attached to an aromatic ring is 1. The fourth-order valence-corrected chi connectivity index (χ4v) is 3.22. The third kappa shape index (κ3) is 3.00. The van der Waals surface area contributed by atoms with Gasteiger partial charge in [-0.1, -0.05) is 19.9 Å². The lowest BCUT2D eigenvalue weighted by Gasteiger charge is -2.28. The molecule has 0 aliphatic heterocycles. The van der Waals surface area contributed by atoms with Gasteiger partial charge in [-0.3, -0.25) is 0 Å². The van der Waals surface area contributed by atoms with Crippen molar-refractivity contribution in [2.75, 3.05) is 5.73 Å². The first-order valence-electron chi connectivity index (χ1n) is 5.83. The van der Waals surface area contributed by atoms with Crippen LogP contribution in [-0.2, 0) is 10.0 Å². The zero-order valence-electron chi connectivity index (χ0n) is 10.8. The standard InChI is InChI=1S/C12H19FN2O2S/c1-4-12(3,5-2)15-18(16,17)10-8-6-7-9(13)11(10)14/h6-8,15H,4-5,14H2,1-3H3. The fourth-order valence-electron chi connectivity index (χ4n) is 1.53. The van der Waals surface area contributed by atoms with Gasteiger partial charge in [0.05, 0.1) is 5.69 Å². The number of hydrogen-bond acceptors (Lipinski definition) is 3. The molecule has 1 aromatic rings. The summed E-state index contributed by atoms with van der Waals surface area (Å²) in [6.07, 6.45) is 1.27. The Balaban J connectivity index is 3.19. The molecule has 4 nitrogen and oxygen atoms in total. The van der Waals surface area contributed by atoms with Crippen molar-refractivity contribution in [3.8, 4) is 0 Å². The molecule has 6 heteroatoms. The molecular weight excluding hydrogens is 255 g/mol. The van der Waals surface area contributed by atoms with Crippen LogP contribution in [0.4, 0.5) is 10.1 Å². The molecule has 0 aromatic heterocycles. The van der Waals surface area contributed by atoms with E-state index in [1.54, 1.807) is 6.92 Å². The molecule has 0 radical (unpaired) electrons. The number of anilines is 1. The maximum absolute atomic E-state index is 13.3. The number of rotatable bonds is 5. The number of nitrogens with two attached hydrogens (primary N) is 1. The van der Waals surface area contributed by atoms with Crippen LogP contribution in [0.3, 0.4) is 0 Å². The van der Waals surface area contributed by atoms with Crippen LogP contribution in [0.1, 0.15) is 33.6 Å². The van der Waals surface area contributed by atoms with E-state index in [-0.39, 0.29) is 10.6 Å². The number of benzene rings is 1. The van der Waals surface area contributed by atoms with Crippen molar-refractivity contribution >= 4 is 15.7 Å². The molecule has 0 aliphatic rings. The van der Waals surface area contributed by atoms with E-state index in [0.717, 1.165) is 6.07 Å². The van der Waals surface area contributed by atoms with Crippen LogP contribution in [0.25, 0.3) is 0 Å². The van der Waals surface area contributed by atoms with Crippen LogP contribution in [0.15, 0.2) is 23.1 Å². The number of para-hydroxylation sites is 1. The summed E-state index contributed by atoms with van der Waals surface area (Å²) >= 11 is 0. The van der Waals surface area contributed by atoms with Crippen LogP contribution < -0.4 is 10.5 Å². The first-order chi connectivity index (χ1) is 8.25. The number of hydrogen-bond donors (Lipinski definition) is 2. The maximum Gasteiger partial charge on any atom is 0.243 e. The van der Waals surface area contributed by atoms with Gasteiger partial charge in [0.15, 0.2) is 0 Å². The third-order valence-electron chi connectivity index (χ3n) is 3.24. The summed E-state index contributed by atoms with van der Waals surface area (Å²) in [5.74, 6) is -0.729. The Hall–Kier alpha value is -1.14. The highest BCUT2D eigenvalue weighted by Crippen LogP contribution is 2.24. The van der Waals surface area contributed by atoms with E-state index < -0.39 is 21.4 Å². The fraction of sp³-hybridized carbons (Fsp3) is 0.500. The van der Waals surface area contributed by atoms with Crippen LogP contribution >= 0.6 is 0 Å². The van der Waals surface area contributed by atoms with E-state index >= 15 is 0 Å². The minimum absolute atomic E-state index is 0.212. The van der Waals surface area contributed by atoms with Crippen molar-refractivity contribution in [3.63, 3.8) is 0 Å². The highest BCUT2D eigenvalue weighted by atomic mass is 32.2. The Morgan fingerprint density at radius 2 is 1.89 bits per heavy atom. The smallest absolute Gasteiger partial charge is 0.243 e. The summed E-state index contributed by atoms with van der Waals surface area (Å²) in [5, 5.41) is 0. The quantitative estimate of drug-likeness (QED) is 0.809. The molecule has 0 saturated heterocycles. The van der Waals surface area contributed by atoms with Crippen molar-refractivity contribution in [1.82, 2.24) is 4.72 Å². The van der Waals surface area contributed by atoms with Crippen molar-refractivity contribution < 1.29 is 12.8 Å². The zero-order chi connectivity index (χ0) is 14.0. The summed E-state index contributed by atoms with van der Waals surface area (Å²) in [5.41, 5.74) is 4.57. The Kier molecular flexibility index (Phi) is 4.34. The number of sulfonamides is 1. The van der Waals surface area contributed by atoms with Gasteiger partial charge in [-0.05, 0) is 31.9 Å². The highest BCUT2D eigenvalue weighted by molar-refractivity contribution is 7.89. The lowest BCUT2D eigenvalue weighted by Crippen LogP contribution is -2.45. The molecule has 3 N–H and O–H groups in total. The van der Waals surface area contributed by atoms with Crippen molar-refractivity contribution in [1.29, 1.82) is 0 Å². The Bertz CT molecular complexity index is 525. The average Bonchev–Trinajstić information content (AvgIpc) is 2.31. The second kappa shape index (κ2) is 5.24. The van der Waals surface area contributed by atoms with E-state index in [1.165, 1.54) is 12.1 Å². The predicted molar refractivity (Wildman–Crippen MR) is 70.1 cm³/mol. The summed E-state index contributed by atoms with van der Waals surface area (Å²) in [6.45, 7) is 5.59. The summed E-state index contributed by atoms with van der Waals surface area (Å²) in [6, 6.07) is 3.76. The SMILES string of the molecule is CCC(C)(CC)NS(=O)(=O)c1cccc(F)c1N. The largest absolute Gasteiger partial charge is 0.395 e. The van der Waals surface area contributed by atoms with E-state index in [9.17, 15) is 12.8 Å². The molecule has 0 bridgehead atoms. The first kappa shape index (κ1) is 14.9. The highest BCUT2D eigenvalue weighted by Gasteiger charge is 2.29. The van der Waals surface area contributed by atoms with E-state index in [0.29, 0.717) is 12.8 Å². The molecule has 0 heterocycles. The van der Waals surface area contributed by atoms with Gasteiger partial charge < -0.3 is 5.73 Å². The predicted octanol–water partition coefficient (Wildman–Crippen LogP) is 2.26. The number of nitrogens with one attached hydrogen (secondary N) is 1. The van der Waals surface area contributed by atoms with Crippen LogP contribution in [0, 0.1) is 5.82 Å². The van der Waals surface area contributed by atoms with Crippen LogP contribution in [0.2, 0.25) is 0 Å². The van der Waals surface area contributed by atoms with Gasteiger partial charge in [0.1, 0.15) is 10.7 Å². The van der Waals surface area contributed by atoms with Gasteiger partial charge in [-0.2, -0.15) is 0 Å². The molecule has 1 aromatic carbocycles. The monoisotopic (exact) mass is 274 g/mol. The summed E-state index contributed by atoms with van der Waals surface area (Å²) in [7, 11) is -3.81.